The molecule has 0 aliphatic carbocycles. The predicted octanol–water partition coefficient (Wildman–Crippen LogP) is 3.63. The summed E-state index contributed by atoms with van der Waals surface area (Å²) in [6.45, 7) is 4.79. The number of halogens is 1. The van der Waals surface area contributed by atoms with Gasteiger partial charge in [-0.25, -0.2) is 0 Å². The molecule has 130 valence electrons. The normalized spacial score (nSPS) is 17.0. The summed E-state index contributed by atoms with van der Waals surface area (Å²) in [5.41, 5.74) is 3.95. The quantitative estimate of drug-likeness (QED) is 0.909. The number of hydrogen-bond acceptors (Lipinski definition) is 2. The molecule has 1 atom stereocenters. The van der Waals surface area contributed by atoms with Gasteiger partial charge in [0.05, 0.1) is 5.92 Å². The summed E-state index contributed by atoms with van der Waals surface area (Å²) in [5.74, 6) is -0.459. The van der Waals surface area contributed by atoms with Gasteiger partial charge in [0.1, 0.15) is 0 Å². The Morgan fingerprint density at radius 1 is 1.20 bits per heavy atom. The fourth-order valence-electron chi connectivity index (χ4n) is 3.21. The van der Waals surface area contributed by atoms with E-state index in [1.807, 2.05) is 44.2 Å². The van der Waals surface area contributed by atoms with Gasteiger partial charge in [-0.15, -0.1) is 0 Å². The molecule has 1 saturated heterocycles. The van der Waals surface area contributed by atoms with Crippen molar-refractivity contribution in [3.8, 4) is 0 Å². The first kappa shape index (κ1) is 17.5. The first-order valence-electron chi connectivity index (χ1n) is 8.34. The van der Waals surface area contributed by atoms with Gasteiger partial charge in [-0.2, -0.15) is 0 Å². The zero-order valence-electron chi connectivity index (χ0n) is 14.4. The van der Waals surface area contributed by atoms with Crippen LogP contribution < -0.4 is 10.2 Å². The van der Waals surface area contributed by atoms with E-state index in [9.17, 15) is 9.59 Å². The van der Waals surface area contributed by atoms with Gasteiger partial charge in [0.15, 0.2) is 0 Å². The van der Waals surface area contributed by atoms with E-state index in [2.05, 4.69) is 11.4 Å². The van der Waals surface area contributed by atoms with Crippen LogP contribution in [0.5, 0.6) is 0 Å². The molecule has 2 amide bonds. The van der Waals surface area contributed by atoms with E-state index in [1.54, 1.807) is 11.0 Å². The minimum Gasteiger partial charge on any atom is -0.352 e. The molecule has 1 aliphatic rings. The Kier molecular flexibility index (Phi) is 5.09. The van der Waals surface area contributed by atoms with E-state index in [0.717, 1.165) is 22.4 Å². The second-order valence-electron chi connectivity index (χ2n) is 6.56. The number of nitrogens with one attached hydrogen (secondary N) is 1. The van der Waals surface area contributed by atoms with Crippen molar-refractivity contribution < 1.29 is 9.59 Å². The van der Waals surface area contributed by atoms with E-state index in [-0.39, 0.29) is 24.2 Å². The molecule has 0 bridgehead atoms. The third kappa shape index (κ3) is 4.02. The highest BCUT2D eigenvalue weighted by molar-refractivity contribution is 6.31. The fraction of sp³-hybridized carbons (Fsp3) is 0.300. The Balaban J connectivity index is 1.65. The number of amides is 2. The summed E-state index contributed by atoms with van der Waals surface area (Å²) in [6, 6.07) is 13.4. The number of rotatable bonds is 4. The summed E-state index contributed by atoms with van der Waals surface area (Å²) in [4.78, 5) is 26.5. The largest absolute Gasteiger partial charge is 0.352 e. The zero-order valence-corrected chi connectivity index (χ0v) is 15.1. The highest BCUT2D eigenvalue weighted by Crippen LogP contribution is 2.27. The molecule has 4 nitrogen and oxygen atoms in total. The Morgan fingerprint density at radius 3 is 2.56 bits per heavy atom. The summed E-state index contributed by atoms with van der Waals surface area (Å²) >= 11 is 6.11. The minimum absolute atomic E-state index is 0.0112. The molecule has 3 rings (SSSR count). The summed E-state index contributed by atoms with van der Waals surface area (Å²) in [6.07, 6.45) is 0.237. The average molecular weight is 357 g/mol. The molecule has 2 aromatic rings. The molecule has 5 heteroatoms. The number of benzene rings is 2. The molecule has 0 aromatic heterocycles. The van der Waals surface area contributed by atoms with Gasteiger partial charge in [0, 0.05) is 30.2 Å². The lowest BCUT2D eigenvalue weighted by Gasteiger charge is -2.18. The van der Waals surface area contributed by atoms with Gasteiger partial charge in [-0.3, -0.25) is 9.59 Å². The first-order chi connectivity index (χ1) is 11.9. The van der Waals surface area contributed by atoms with Gasteiger partial charge in [-0.05, 0) is 48.7 Å². The van der Waals surface area contributed by atoms with Gasteiger partial charge in [-0.1, -0.05) is 35.9 Å². The average Bonchev–Trinajstić information content (AvgIpc) is 2.95. The second kappa shape index (κ2) is 7.28. The van der Waals surface area contributed by atoms with Gasteiger partial charge in [0.2, 0.25) is 11.8 Å². The fourth-order valence-corrected chi connectivity index (χ4v) is 3.41. The molecule has 1 fully saturated rings. The first-order valence-corrected chi connectivity index (χ1v) is 8.71. The third-order valence-corrected chi connectivity index (χ3v) is 4.79. The number of carbonyl (C=O) groups is 2. The Bertz CT molecular complexity index is 799. The Labute approximate surface area is 152 Å². The van der Waals surface area contributed by atoms with Crippen LogP contribution >= 0.6 is 11.6 Å². The lowest BCUT2D eigenvalue weighted by atomic mass is 10.1. The van der Waals surface area contributed by atoms with E-state index in [4.69, 9.17) is 11.6 Å². The number of anilines is 1. The molecular weight excluding hydrogens is 336 g/mol. The Hall–Kier alpha value is -2.33. The number of hydrogen-bond donors (Lipinski definition) is 1. The molecule has 0 radical (unpaired) electrons. The van der Waals surface area contributed by atoms with Gasteiger partial charge < -0.3 is 10.2 Å². The van der Waals surface area contributed by atoms with Crippen LogP contribution in [0.15, 0.2) is 42.5 Å². The highest BCUT2D eigenvalue weighted by atomic mass is 35.5. The third-order valence-electron chi connectivity index (χ3n) is 4.42. The van der Waals surface area contributed by atoms with Crippen molar-refractivity contribution >= 4 is 29.1 Å². The van der Waals surface area contributed by atoms with Crippen molar-refractivity contribution in [1.29, 1.82) is 0 Å². The number of aryl methyl sites for hydroxylation is 2. The smallest absolute Gasteiger partial charge is 0.227 e. The van der Waals surface area contributed by atoms with Gasteiger partial charge in [0.25, 0.3) is 0 Å². The van der Waals surface area contributed by atoms with Crippen molar-refractivity contribution in [1.82, 2.24) is 5.32 Å². The molecule has 2 aromatic carbocycles. The van der Waals surface area contributed by atoms with Crippen LogP contribution in [0.2, 0.25) is 5.02 Å². The Morgan fingerprint density at radius 2 is 1.88 bits per heavy atom. The van der Waals surface area contributed by atoms with Crippen LogP contribution in [0.25, 0.3) is 0 Å². The van der Waals surface area contributed by atoms with Crippen LogP contribution in [-0.4, -0.2) is 18.4 Å². The number of carbonyl (C=O) groups excluding carboxylic acids is 2. The summed E-state index contributed by atoms with van der Waals surface area (Å²) in [7, 11) is 0. The molecular formula is C20H21ClN2O2. The van der Waals surface area contributed by atoms with Crippen LogP contribution in [0, 0.1) is 19.8 Å². The molecule has 25 heavy (non-hydrogen) atoms. The topological polar surface area (TPSA) is 49.4 Å². The molecule has 1 aliphatic heterocycles. The highest BCUT2D eigenvalue weighted by Gasteiger charge is 2.35. The van der Waals surface area contributed by atoms with Crippen LogP contribution in [0.1, 0.15) is 23.1 Å². The minimum atomic E-state index is -0.337. The monoisotopic (exact) mass is 356 g/mol. The molecule has 1 N–H and O–H groups in total. The maximum absolute atomic E-state index is 12.5. The van der Waals surface area contributed by atoms with Crippen molar-refractivity contribution in [3.63, 3.8) is 0 Å². The van der Waals surface area contributed by atoms with Crippen LogP contribution in [-0.2, 0) is 16.1 Å². The summed E-state index contributed by atoms with van der Waals surface area (Å²) in [5, 5.41) is 3.52. The van der Waals surface area contributed by atoms with Crippen LogP contribution in [0.3, 0.4) is 0 Å². The molecule has 0 saturated carbocycles. The van der Waals surface area contributed by atoms with E-state index in [1.165, 1.54) is 0 Å². The zero-order chi connectivity index (χ0) is 18.0. The van der Waals surface area contributed by atoms with E-state index < -0.39 is 0 Å². The molecule has 1 unspecified atom stereocenters. The van der Waals surface area contributed by atoms with Crippen LogP contribution in [0.4, 0.5) is 5.69 Å². The maximum Gasteiger partial charge on any atom is 0.227 e. The van der Waals surface area contributed by atoms with Crippen molar-refractivity contribution in [2.45, 2.75) is 26.8 Å². The van der Waals surface area contributed by atoms with E-state index in [0.29, 0.717) is 18.1 Å². The molecule has 0 spiro atoms. The summed E-state index contributed by atoms with van der Waals surface area (Å²) < 4.78 is 0. The lowest BCUT2D eigenvalue weighted by Crippen LogP contribution is -2.32. The maximum atomic E-state index is 12.5. The SMILES string of the molecule is Cc1cc(C)cc(N2CC(C(=O)NCc3ccccc3Cl)CC2=O)c1. The standard InChI is InChI=1S/C20H21ClN2O2/c1-13-7-14(2)9-17(8-13)23-12-16(10-19(23)24)20(25)22-11-15-5-3-4-6-18(15)21/h3-9,16H,10-12H2,1-2H3,(H,22,25). The second-order valence-corrected chi connectivity index (χ2v) is 6.97. The predicted molar refractivity (Wildman–Crippen MR) is 99.7 cm³/mol. The van der Waals surface area contributed by atoms with Crippen molar-refractivity contribution in [2.75, 3.05) is 11.4 Å². The molecule has 1 heterocycles. The van der Waals surface area contributed by atoms with Crippen molar-refractivity contribution in [2.24, 2.45) is 5.92 Å². The van der Waals surface area contributed by atoms with Crippen molar-refractivity contribution in [3.05, 3.63) is 64.2 Å². The van der Waals surface area contributed by atoms with E-state index >= 15 is 0 Å². The van der Waals surface area contributed by atoms with Gasteiger partial charge >= 0.3 is 0 Å². The lowest BCUT2D eigenvalue weighted by molar-refractivity contribution is -0.126. The number of nitrogens with zero attached hydrogens (tertiary/aromatic N) is 1.